The third-order valence-electron chi connectivity index (χ3n) is 3.44. The Morgan fingerprint density at radius 3 is 2.81 bits per heavy atom. The number of aryl methyl sites for hydroxylation is 3. The molecular formula is C17H20N2O2. The van der Waals surface area contributed by atoms with E-state index in [2.05, 4.69) is 16.9 Å². The van der Waals surface area contributed by atoms with Crippen LogP contribution in [0.5, 0.6) is 0 Å². The van der Waals surface area contributed by atoms with Gasteiger partial charge in [0.15, 0.2) is 0 Å². The summed E-state index contributed by atoms with van der Waals surface area (Å²) in [6, 6.07) is 5.97. The zero-order chi connectivity index (χ0) is 15.4. The van der Waals surface area contributed by atoms with Gasteiger partial charge >= 0.3 is 0 Å². The summed E-state index contributed by atoms with van der Waals surface area (Å²) in [5, 5.41) is 3.72. The second-order valence-corrected chi connectivity index (χ2v) is 5.26. The first kappa shape index (κ1) is 15.0. The van der Waals surface area contributed by atoms with E-state index < -0.39 is 0 Å². The number of benzene rings is 1. The molecule has 1 amide bonds. The van der Waals surface area contributed by atoms with Crippen molar-refractivity contribution in [3.05, 3.63) is 57.9 Å². The molecule has 0 radical (unpaired) electrons. The number of fused-ring (bicyclic) bond motifs is 1. The molecule has 2 rings (SSSR count). The van der Waals surface area contributed by atoms with Gasteiger partial charge in [0.2, 0.25) is 5.91 Å². The molecular weight excluding hydrogens is 264 g/mol. The van der Waals surface area contributed by atoms with Crippen molar-refractivity contribution in [3.63, 3.8) is 0 Å². The molecule has 2 N–H and O–H groups in total. The minimum Gasteiger partial charge on any atom is -0.353 e. The van der Waals surface area contributed by atoms with Crippen molar-refractivity contribution in [2.45, 2.75) is 26.7 Å². The largest absolute Gasteiger partial charge is 0.353 e. The van der Waals surface area contributed by atoms with Crippen LogP contribution in [0.1, 0.15) is 23.1 Å². The summed E-state index contributed by atoms with van der Waals surface area (Å²) in [6.07, 6.45) is 2.36. The van der Waals surface area contributed by atoms with Crippen LogP contribution in [-0.2, 0) is 11.2 Å². The number of aromatic amines is 1. The van der Waals surface area contributed by atoms with E-state index in [0.717, 1.165) is 22.0 Å². The molecule has 0 bridgehead atoms. The fourth-order valence-corrected chi connectivity index (χ4v) is 2.44. The molecule has 0 aliphatic rings. The van der Waals surface area contributed by atoms with Crippen molar-refractivity contribution in [2.24, 2.45) is 0 Å². The van der Waals surface area contributed by atoms with Crippen LogP contribution >= 0.6 is 0 Å². The Labute approximate surface area is 123 Å². The topological polar surface area (TPSA) is 62.0 Å². The maximum atomic E-state index is 12.1. The molecule has 4 nitrogen and oxygen atoms in total. The van der Waals surface area contributed by atoms with Gasteiger partial charge in [-0.05, 0) is 43.4 Å². The SMILES string of the molecule is C=CCNC(=O)CCc1cc2cc(C)cc(C)c2[nH]c1=O. The lowest BCUT2D eigenvalue weighted by atomic mass is 10.0. The lowest BCUT2D eigenvalue weighted by Gasteiger charge is -2.07. The molecule has 2 aromatic rings. The summed E-state index contributed by atoms with van der Waals surface area (Å²) >= 11 is 0. The van der Waals surface area contributed by atoms with Gasteiger partial charge in [-0.2, -0.15) is 0 Å². The van der Waals surface area contributed by atoms with Gasteiger partial charge < -0.3 is 10.3 Å². The van der Waals surface area contributed by atoms with Gasteiger partial charge in [-0.25, -0.2) is 0 Å². The molecule has 0 saturated carbocycles. The van der Waals surface area contributed by atoms with E-state index in [4.69, 9.17) is 0 Å². The maximum Gasteiger partial charge on any atom is 0.251 e. The number of hydrogen-bond donors (Lipinski definition) is 2. The molecule has 0 aliphatic heterocycles. The van der Waals surface area contributed by atoms with Crippen LogP contribution in [-0.4, -0.2) is 17.4 Å². The fraction of sp³-hybridized carbons (Fsp3) is 0.294. The standard InChI is InChI=1S/C17H20N2O2/c1-4-7-18-15(20)6-5-13-10-14-9-11(2)8-12(3)16(14)19-17(13)21/h4,8-10H,1,5-7H2,2-3H3,(H,18,20)(H,19,21). The second kappa shape index (κ2) is 6.39. The highest BCUT2D eigenvalue weighted by Crippen LogP contribution is 2.18. The Kier molecular flexibility index (Phi) is 4.58. The maximum absolute atomic E-state index is 12.1. The Morgan fingerprint density at radius 1 is 1.33 bits per heavy atom. The van der Waals surface area contributed by atoms with E-state index in [1.165, 1.54) is 0 Å². The summed E-state index contributed by atoms with van der Waals surface area (Å²) in [5.74, 6) is -0.0742. The predicted molar refractivity (Wildman–Crippen MR) is 85.6 cm³/mol. The number of H-pyrrole nitrogens is 1. The number of nitrogens with one attached hydrogen (secondary N) is 2. The van der Waals surface area contributed by atoms with Crippen LogP contribution in [0.25, 0.3) is 10.9 Å². The quantitative estimate of drug-likeness (QED) is 0.828. The number of carbonyl (C=O) groups is 1. The van der Waals surface area contributed by atoms with Crippen LogP contribution in [0.3, 0.4) is 0 Å². The van der Waals surface area contributed by atoms with E-state index in [0.29, 0.717) is 24.9 Å². The van der Waals surface area contributed by atoms with Gasteiger partial charge in [0.05, 0.1) is 5.52 Å². The highest BCUT2D eigenvalue weighted by atomic mass is 16.1. The van der Waals surface area contributed by atoms with Crippen molar-refractivity contribution in [1.29, 1.82) is 0 Å². The molecule has 0 unspecified atom stereocenters. The Morgan fingerprint density at radius 2 is 2.10 bits per heavy atom. The van der Waals surface area contributed by atoms with Gasteiger partial charge in [-0.15, -0.1) is 6.58 Å². The van der Waals surface area contributed by atoms with Crippen molar-refractivity contribution in [1.82, 2.24) is 10.3 Å². The average Bonchev–Trinajstić information content (AvgIpc) is 2.43. The monoisotopic (exact) mass is 284 g/mol. The van der Waals surface area contributed by atoms with Crippen molar-refractivity contribution in [3.8, 4) is 0 Å². The molecule has 0 fully saturated rings. The highest BCUT2D eigenvalue weighted by molar-refractivity contribution is 5.83. The van der Waals surface area contributed by atoms with E-state index in [1.54, 1.807) is 6.08 Å². The van der Waals surface area contributed by atoms with Gasteiger partial charge in [0.25, 0.3) is 5.56 Å². The Hall–Kier alpha value is -2.36. The molecule has 110 valence electrons. The summed E-state index contributed by atoms with van der Waals surface area (Å²) in [4.78, 5) is 26.6. The van der Waals surface area contributed by atoms with Crippen LogP contribution in [0.2, 0.25) is 0 Å². The van der Waals surface area contributed by atoms with Crippen molar-refractivity contribution < 1.29 is 4.79 Å². The molecule has 1 aromatic heterocycles. The van der Waals surface area contributed by atoms with Crippen LogP contribution < -0.4 is 10.9 Å². The number of amides is 1. The first-order valence-electron chi connectivity index (χ1n) is 7.02. The van der Waals surface area contributed by atoms with Crippen molar-refractivity contribution >= 4 is 16.8 Å². The van der Waals surface area contributed by atoms with E-state index in [1.807, 2.05) is 32.0 Å². The molecule has 1 heterocycles. The van der Waals surface area contributed by atoms with Crippen LogP contribution in [0.4, 0.5) is 0 Å². The van der Waals surface area contributed by atoms with Crippen molar-refractivity contribution in [2.75, 3.05) is 6.54 Å². The normalized spacial score (nSPS) is 10.6. The lowest BCUT2D eigenvalue weighted by molar-refractivity contribution is -0.120. The molecule has 0 saturated heterocycles. The summed E-state index contributed by atoms with van der Waals surface area (Å²) in [6.45, 7) is 8.00. The van der Waals surface area contributed by atoms with Gasteiger partial charge in [-0.3, -0.25) is 9.59 Å². The van der Waals surface area contributed by atoms with E-state index in [9.17, 15) is 9.59 Å². The van der Waals surface area contributed by atoms with E-state index in [-0.39, 0.29) is 11.5 Å². The molecule has 0 atom stereocenters. The number of rotatable bonds is 5. The average molecular weight is 284 g/mol. The smallest absolute Gasteiger partial charge is 0.251 e. The van der Waals surface area contributed by atoms with Gasteiger partial charge in [0, 0.05) is 18.5 Å². The molecule has 0 spiro atoms. The zero-order valence-electron chi connectivity index (χ0n) is 12.5. The number of hydrogen-bond acceptors (Lipinski definition) is 2. The van der Waals surface area contributed by atoms with Crippen LogP contribution in [0.15, 0.2) is 35.6 Å². The molecule has 21 heavy (non-hydrogen) atoms. The minimum absolute atomic E-state index is 0.0742. The van der Waals surface area contributed by atoms with Crippen LogP contribution in [0, 0.1) is 13.8 Å². The Bertz CT molecular complexity index is 744. The van der Waals surface area contributed by atoms with Gasteiger partial charge in [0.1, 0.15) is 0 Å². The molecule has 0 aliphatic carbocycles. The third kappa shape index (κ3) is 3.60. The Balaban J connectivity index is 2.24. The predicted octanol–water partition coefficient (Wildman–Crippen LogP) is 2.38. The summed E-state index contributed by atoms with van der Waals surface area (Å²) < 4.78 is 0. The molecule has 1 aromatic carbocycles. The third-order valence-corrected chi connectivity index (χ3v) is 3.44. The number of carbonyl (C=O) groups excluding carboxylic acids is 1. The zero-order valence-corrected chi connectivity index (χ0v) is 12.5. The second-order valence-electron chi connectivity index (χ2n) is 5.26. The summed E-state index contributed by atoms with van der Waals surface area (Å²) in [7, 11) is 0. The summed E-state index contributed by atoms with van der Waals surface area (Å²) in [5.41, 5.74) is 3.59. The number of aromatic nitrogens is 1. The first-order valence-corrected chi connectivity index (χ1v) is 7.02. The fourth-order valence-electron chi connectivity index (χ4n) is 2.44. The highest BCUT2D eigenvalue weighted by Gasteiger charge is 2.08. The molecule has 4 heteroatoms. The lowest BCUT2D eigenvalue weighted by Crippen LogP contribution is -2.24. The van der Waals surface area contributed by atoms with E-state index >= 15 is 0 Å². The first-order chi connectivity index (χ1) is 10.0. The minimum atomic E-state index is -0.119. The number of pyridine rings is 1. The van der Waals surface area contributed by atoms with Gasteiger partial charge in [-0.1, -0.05) is 17.7 Å².